The second-order valence-electron chi connectivity index (χ2n) is 6.00. The van der Waals surface area contributed by atoms with Crippen LogP contribution in [0.3, 0.4) is 0 Å². The van der Waals surface area contributed by atoms with Gasteiger partial charge < -0.3 is 5.32 Å². The minimum Gasteiger partial charge on any atom is -0.311 e. The monoisotopic (exact) mass is 209 g/mol. The lowest BCUT2D eigenvalue weighted by Crippen LogP contribution is -2.48. The third kappa shape index (κ3) is 2.08. The van der Waals surface area contributed by atoms with E-state index in [1.54, 1.807) is 0 Å². The van der Waals surface area contributed by atoms with Crippen LogP contribution >= 0.6 is 0 Å². The summed E-state index contributed by atoms with van der Waals surface area (Å²) in [4.78, 5) is 0. The average Bonchev–Trinajstić information content (AvgIpc) is 2.72. The van der Waals surface area contributed by atoms with Gasteiger partial charge in [-0.15, -0.1) is 0 Å². The molecular formula is C14H27N. The molecule has 2 rings (SSSR count). The Morgan fingerprint density at radius 2 is 2.00 bits per heavy atom. The first-order valence-electron chi connectivity index (χ1n) is 6.93. The molecule has 1 N–H and O–H groups in total. The summed E-state index contributed by atoms with van der Waals surface area (Å²) in [7, 11) is 0. The van der Waals surface area contributed by atoms with Gasteiger partial charge in [0.2, 0.25) is 0 Å². The van der Waals surface area contributed by atoms with Gasteiger partial charge in [-0.1, -0.05) is 27.2 Å². The van der Waals surface area contributed by atoms with Gasteiger partial charge >= 0.3 is 0 Å². The van der Waals surface area contributed by atoms with Crippen molar-refractivity contribution in [1.82, 2.24) is 5.32 Å². The first-order chi connectivity index (χ1) is 7.18. The lowest BCUT2D eigenvalue weighted by atomic mass is 9.66. The van der Waals surface area contributed by atoms with E-state index in [0.29, 0.717) is 5.54 Å². The van der Waals surface area contributed by atoms with E-state index in [1.807, 2.05) is 0 Å². The maximum Gasteiger partial charge on any atom is 0.0207 e. The molecule has 0 aromatic rings. The molecule has 0 aromatic heterocycles. The van der Waals surface area contributed by atoms with Crippen molar-refractivity contribution in [3.8, 4) is 0 Å². The fourth-order valence-electron chi connectivity index (χ4n) is 3.82. The molecule has 2 fully saturated rings. The Kier molecular flexibility index (Phi) is 3.39. The summed E-state index contributed by atoms with van der Waals surface area (Å²) in [5, 5.41) is 3.82. The molecule has 0 amide bonds. The van der Waals surface area contributed by atoms with Gasteiger partial charge in [0.05, 0.1) is 0 Å². The van der Waals surface area contributed by atoms with Crippen molar-refractivity contribution in [2.45, 2.75) is 64.8 Å². The van der Waals surface area contributed by atoms with Crippen molar-refractivity contribution in [2.24, 2.45) is 17.8 Å². The standard InChI is InChI=1S/C14H27N/c1-4-14(8-5-9-15-14)13-7-6-11(2)12(3)10-13/h11-13,15H,4-10H2,1-3H3. The van der Waals surface area contributed by atoms with Gasteiger partial charge in [-0.25, -0.2) is 0 Å². The lowest BCUT2D eigenvalue weighted by molar-refractivity contribution is 0.115. The highest BCUT2D eigenvalue weighted by atomic mass is 15.0. The molecule has 1 heterocycles. The van der Waals surface area contributed by atoms with E-state index in [0.717, 1.165) is 17.8 Å². The van der Waals surface area contributed by atoms with Crippen molar-refractivity contribution >= 4 is 0 Å². The average molecular weight is 209 g/mol. The molecule has 15 heavy (non-hydrogen) atoms. The third-order valence-corrected chi connectivity index (χ3v) is 5.29. The maximum atomic E-state index is 3.82. The van der Waals surface area contributed by atoms with Gasteiger partial charge in [0.1, 0.15) is 0 Å². The van der Waals surface area contributed by atoms with E-state index in [1.165, 1.54) is 45.1 Å². The quantitative estimate of drug-likeness (QED) is 0.733. The van der Waals surface area contributed by atoms with Crippen LogP contribution in [0.15, 0.2) is 0 Å². The Morgan fingerprint density at radius 1 is 1.20 bits per heavy atom. The smallest absolute Gasteiger partial charge is 0.0207 e. The van der Waals surface area contributed by atoms with Crippen LogP contribution < -0.4 is 5.32 Å². The van der Waals surface area contributed by atoms with Crippen LogP contribution in [0, 0.1) is 17.8 Å². The zero-order valence-electron chi connectivity index (χ0n) is 10.7. The molecule has 4 atom stereocenters. The normalized spacial score (nSPS) is 47.0. The molecule has 0 aromatic carbocycles. The molecule has 1 aliphatic carbocycles. The Bertz CT molecular complexity index is 205. The van der Waals surface area contributed by atoms with Crippen LogP contribution in [-0.2, 0) is 0 Å². The van der Waals surface area contributed by atoms with Crippen molar-refractivity contribution in [3.63, 3.8) is 0 Å². The van der Waals surface area contributed by atoms with E-state index >= 15 is 0 Å². The maximum absolute atomic E-state index is 3.82. The summed E-state index contributed by atoms with van der Waals surface area (Å²) in [6.07, 6.45) is 8.53. The SMILES string of the molecule is CCC1(C2CCC(C)C(C)C2)CCCN1. The summed E-state index contributed by atoms with van der Waals surface area (Å²) < 4.78 is 0. The highest BCUT2D eigenvalue weighted by Gasteiger charge is 2.41. The Morgan fingerprint density at radius 3 is 2.53 bits per heavy atom. The van der Waals surface area contributed by atoms with E-state index in [4.69, 9.17) is 0 Å². The number of nitrogens with one attached hydrogen (secondary N) is 1. The zero-order chi connectivity index (χ0) is 10.9. The molecule has 0 radical (unpaired) electrons. The summed E-state index contributed by atoms with van der Waals surface area (Å²) >= 11 is 0. The predicted octanol–water partition coefficient (Wildman–Crippen LogP) is 3.59. The predicted molar refractivity (Wildman–Crippen MR) is 65.9 cm³/mol. The number of hydrogen-bond donors (Lipinski definition) is 1. The van der Waals surface area contributed by atoms with E-state index < -0.39 is 0 Å². The molecule has 1 nitrogen and oxygen atoms in total. The molecule has 4 unspecified atom stereocenters. The highest BCUT2D eigenvalue weighted by molar-refractivity contribution is 4.99. The van der Waals surface area contributed by atoms with Crippen LogP contribution in [0.4, 0.5) is 0 Å². The second kappa shape index (κ2) is 4.45. The van der Waals surface area contributed by atoms with Crippen LogP contribution in [0.1, 0.15) is 59.3 Å². The summed E-state index contributed by atoms with van der Waals surface area (Å²) in [5.41, 5.74) is 0.522. The van der Waals surface area contributed by atoms with Crippen LogP contribution in [0.25, 0.3) is 0 Å². The fourth-order valence-corrected chi connectivity index (χ4v) is 3.82. The second-order valence-corrected chi connectivity index (χ2v) is 6.00. The van der Waals surface area contributed by atoms with Gasteiger partial charge in [-0.3, -0.25) is 0 Å². The highest BCUT2D eigenvalue weighted by Crippen LogP contribution is 2.43. The Balaban J connectivity index is 2.03. The first kappa shape index (κ1) is 11.4. The first-order valence-corrected chi connectivity index (χ1v) is 6.93. The summed E-state index contributed by atoms with van der Waals surface area (Å²) in [6, 6.07) is 0. The minimum atomic E-state index is 0.522. The number of hydrogen-bond acceptors (Lipinski definition) is 1. The molecule has 1 saturated heterocycles. The lowest BCUT2D eigenvalue weighted by Gasteiger charge is -2.43. The summed E-state index contributed by atoms with van der Waals surface area (Å²) in [5.74, 6) is 2.85. The molecule has 1 heteroatoms. The summed E-state index contributed by atoms with van der Waals surface area (Å²) in [6.45, 7) is 8.52. The van der Waals surface area contributed by atoms with Gasteiger partial charge in [0, 0.05) is 5.54 Å². The van der Waals surface area contributed by atoms with Crippen LogP contribution in [0.2, 0.25) is 0 Å². The van der Waals surface area contributed by atoms with E-state index in [9.17, 15) is 0 Å². The molecule has 0 spiro atoms. The Hall–Kier alpha value is -0.0400. The van der Waals surface area contributed by atoms with Gasteiger partial charge in [-0.2, -0.15) is 0 Å². The van der Waals surface area contributed by atoms with Gasteiger partial charge in [-0.05, 0) is 56.4 Å². The fraction of sp³-hybridized carbons (Fsp3) is 1.00. The molecular weight excluding hydrogens is 182 g/mol. The van der Waals surface area contributed by atoms with Crippen molar-refractivity contribution in [1.29, 1.82) is 0 Å². The largest absolute Gasteiger partial charge is 0.311 e. The van der Waals surface area contributed by atoms with Crippen molar-refractivity contribution in [2.75, 3.05) is 6.54 Å². The third-order valence-electron chi connectivity index (χ3n) is 5.29. The molecule has 2 aliphatic rings. The van der Waals surface area contributed by atoms with E-state index in [2.05, 4.69) is 26.1 Å². The number of rotatable bonds is 2. The minimum absolute atomic E-state index is 0.522. The van der Waals surface area contributed by atoms with E-state index in [-0.39, 0.29) is 0 Å². The zero-order valence-corrected chi connectivity index (χ0v) is 10.7. The van der Waals surface area contributed by atoms with Crippen molar-refractivity contribution in [3.05, 3.63) is 0 Å². The van der Waals surface area contributed by atoms with Crippen LogP contribution in [0.5, 0.6) is 0 Å². The molecule has 1 aliphatic heterocycles. The van der Waals surface area contributed by atoms with Crippen LogP contribution in [-0.4, -0.2) is 12.1 Å². The Labute approximate surface area is 95.0 Å². The molecule has 88 valence electrons. The van der Waals surface area contributed by atoms with Crippen molar-refractivity contribution < 1.29 is 0 Å². The molecule has 0 bridgehead atoms. The topological polar surface area (TPSA) is 12.0 Å². The van der Waals surface area contributed by atoms with Gasteiger partial charge in [0.25, 0.3) is 0 Å². The molecule has 1 saturated carbocycles. The van der Waals surface area contributed by atoms with Gasteiger partial charge in [0.15, 0.2) is 0 Å².